The maximum absolute atomic E-state index is 12.6. The first kappa shape index (κ1) is 17.6. The highest BCUT2D eigenvalue weighted by Gasteiger charge is 2.37. The first-order chi connectivity index (χ1) is 13.1. The van der Waals surface area contributed by atoms with Gasteiger partial charge in [0.2, 0.25) is 0 Å². The van der Waals surface area contributed by atoms with Crippen molar-refractivity contribution in [3.63, 3.8) is 0 Å². The third kappa shape index (κ3) is 3.68. The summed E-state index contributed by atoms with van der Waals surface area (Å²) in [5.74, 6) is 0.467. The van der Waals surface area contributed by atoms with Gasteiger partial charge in [0.15, 0.2) is 0 Å². The van der Waals surface area contributed by atoms with Crippen molar-refractivity contribution in [1.82, 2.24) is 15.2 Å². The van der Waals surface area contributed by atoms with Crippen molar-refractivity contribution in [2.75, 3.05) is 13.2 Å². The Hall–Kier alpha value is -2.80. The van der Waals surface area contributed by atoms with E-state index >= 15 is 0 Å². The first-order valence-corrected chi connectivity index (χ1v) is 9.46. The quantitative estimate of drug-likeness (QED) is 0.591. The van der Waals surface area contributed by atoms with Crippen LogP contribution in [0.5, 0.6) is 5.75 Å². The molecule has 1 fully saturated rings. The van der Waals surface area contributed by atoms with Crippen molar-refractivity contribution < 1.29 is 14.3 Å². The number of para-hydroxylation sites is 1. The molecule has 0 aliphatic carbocycles. The number of ether oxygens (including phenoxy) is 1. The molecule has 2 N–H and O–H groups in total. The lowest BCUT2D eigenvalue weighted by Gasteiger charge is -2.14. The summed E-state index contributed by atoms with van der Waals surface area (Å²) in [6, 6.07) is 14.4. The van der Waals surface area contributed by atoms with Gasteiger partial charge in [-0.25, -0.2) is 4.79 Å². The van der Waals surface area contributed by atoms with Crippen LogP contribution >= 0.6 is 15.9 Å². The van der Waals surface area contributed by atoms with Gasteiger partial charge in [0.1, 0.15) is 18.4 Å². The fraction of sp³-hybridized carbons (Fsp3) is 0.200. The first-order valence-electron chi connectivity index (χ1n) is 8.67. The molecule has 6 nitrogen and oxygen atoms in total. The number of carbonyl (C=O) groups is 2. The van der Waals surface area contributed by atoms with Crippen LogP contribution in [0, 0.1) is 0 Å². The lowest BCUT2D eigenvalue weighted by atomic mass is 10.1. The third-order valence-electron chi connectivity index (χ3n) is 4.59. The molecule has 0 spiro atoms. The van der Waals surface area contributed by atoms with Crippen LogP contribution in [-0.4, -0.2) is 41.0 Å². The summed E-state index contributed by atoms with van der Waals surface area (Å²) in [5.41, 5.74) is 2.03. The average Bonchev–Trinajstić information content (AvgIpc) is 3.18. The molecule has 1 saturated heterocycles. The summed E-state index contributed by atoms with van der Waals surface area (Å²) >= 11 is 3.38. The molecule has 0 bridgehead atoms. The summed E-state index contributed by atoms with van der Waals surface area (Å²) in [6.45, 7) is 0.455. The van der Waals surface area contributed by atoms with Crippen LogP contribution in [0.1, 0.15) is 5.56 Å². The number of aromatic amines is 1. The smallest absolute Gasteiger partial charge is 0.324 e. The Labute approximate surface area is 164 Å². The predicted molar refractivity (Wildman–Crippen MR) is 106 cm³/mol. The van der Waals surface area contributed by atoms with E-state index in [9.17, 15) is 9.59 Å². The van der Waals surface area contributed by atoms with Gasteiger partial charge in [-0.1, -0.05) is 40.2 Å². The van der Waals surface area contributed by atoms with E-state index in [1.165, 1.54) is 4.90 Å². The topological polar surface area (TPSA) is 74.4 Å². The zero-order chi connectivity index (χ0) is 18.8. The number of amides is 3. The molecule has 1 unspecified atom stereocenters. The van der Waals surface area contributed by atoms with Crippen molar-refractivity contribution in [2.24, 2.45) is 0 Å². The van der Waals surface area contributed by atoms with E-state index in [1.54, 1.807) is 0 Å². The number of benzene rings is 2. The number of hydrogen-bond donors (Lipinski definition) is 2. The molecule has 3 aromatic rings. The average molecular weight is 428 g/mol. The number of carbonyl (C=O) groups excluding carboxylic acids is 2. The minimum absolute atomic E-state index is 0.210. The molecule has 1 aliphatic rings. The Bertz CT molecular complexity index is 1000. The zero-order valence-corrected chi connectivity index (χ0v) is 16.0. The van der Waals surface area contributed by atoms with Gasteiger partial charge in [-0.3, -0.25) is 9.69 Å². The highest BCUT2D eigenvalue weighted by molar-refractivity contribution is 9.10. The van der Waals surface area contributed by atoms with E-state index in [1.807, 2.05) is 54.7 Å². The summed E-state index contributed by atoms with van der Waals surface area (Å²) in [7, 11) is 0. The number of nitrogens with zero attached hydrogens (tertiary/aromatic N) is 1. The number of imide groups is 1. The highest BCUT2D eigenvalue weighted by Crippen LogP contribution is 2.21. The monoisotopic (exact) mass is 427 g/mol. The van der Waals surface area contributed by atoms with Crippen LogP contribution in [-0.2, 0) is 11.2 Å². The largest absolute Gasteiger partial charge is 0.492 e. The molecular formula is C20H18BrN3O3. The van der Waals surface area contributed by atoms with Gasteiger partial charge < -0.3 is 15.0 Å². The van der Waals surface area contributed by atoms with Crippen molar-refractivity contribution in [2.45, 2.75) is 12.5 Å². The van der Waals surface area contributed by atoms with E-state index in [2.05, 4.69) is 26.2 Å². The molecular weight excluding hydrogens is 410 g/mol. The van der Waals surface area contributed by atoms with Gasteiger partial charge in [0, 0.05) is 28.0 Å². The maximum atomic E-state index is 12.6. The summed E-state index contributed by atoms with van der Waals surface area (Å²) < 4.78 is 6.55. The van der Waals surface area contributed by atoms with E-state index in [-0.39, 0.29) is 25.1 Å². The molecule has 0 saturated carbocycles. The second-order valence-corrected chi connectivity index (χ2v) is 7.28. The van der Waals surface area contributed by atoms with Crippen molar-refractivity contribution >= 4 is 38.8 Å². The van der Waals surface area contributed by atoms with Crippen LogP contribution in [0.4, 0.5) is 4.79 Å². The standard InChI is InChI=1S/C20H18BrN3O3/c21-14-4-3-5-15(11-14)27-9-8-24-19(25)18(23-20(24)26)10-13-12-22-17-7-2-1-6-16(13)17/h1-7,11-12,18,22H,8-10H2,(H,23,26). The lowest BCUT2D eigenvalue weighted by Crippen LogP contribution is -2.35. The Morgan fingerprint density at radius 1 is 1.11 bits per heavy atom. The van der Waals surface area contributed by atoms with Gasteiger partial charge in [-0.05, 0) is 29.8 Å². The van der Waals surface area contributed by atoms with E-state index < -0.39 is 6.04 Å². The molecule has 2 heterocycles. The predicted octanol–water partition coefficient (Wildman–Crippen LogP) is 3.47. The van der Waals surface area contributed by atoms with Crippen LogP contribution in [0.3, 0.4) is 0 Å². The van der Waals surface area contributed by atoms with Crippen molar-refractivity contribution in [3.8, 4) is 5.75 Å². The number of urea groups is 1. The number of halogens is 1. The molecule has 27 heavy (non-hydrogen) atoms. The van der Waals surface area contributed by atoms with Gasteiger partial charge in [-0.15, -0.1) is 0 Å². The number of H-pyrrole nitrogens is 1. The maximum Gasteiger partial charge on any atom is 0.324 e. The Morgan fingerprint density at radius 3 is 2.81 bits per heavy atom. The molecule has 7 heteroatoms. The lowest BCUT2D eigenvalue weighted by molar-refractivity contribution is -0.127. The second kappa shape index (κ2) is 7.44. The van der Waals surface area contributed by atoms with Gasteiger partial charge in [0.05, 0.1) is 6.54 Å². The third-order valence-corrected chi connectivity index (χ3v) is 5.08. The highest BCUT2D eigenvalue weighted by atomic mass is 79.9. The number of fused-ring (bicyclic) bond motifs is 1. The van der Waals surface area contributed by atoms with Gasteiger partial charge in [0.25, 0.3) is 5.91 Å². The van der Waals surface area contributed by atoms with Crippen molar-refractivity contribution in [1.29, 1.82) is 0 Å². The molecule has 1 aliphatic heterocycles. The molecule has 0 radical (unpaired) electrons. The molecule has 1 aromatic heterocycles. The summed E-state index contributed by atoms with van der Waals surface area (Å²) in [6.07, 6.45) is 2.35. The van der Waals surface area contributed by atoms with Crippen LogP contribution in [0.25, 0.3) is 10.9 Å². The minimum Gasteiger partial charge on any atom is -0.492 e. The zero-order valence-electron chi connectivity index (χ0n) is 14.4. The molecule has 138 valence electrons. The molecule has 2 aromatic carbocycles. The van der Waals surface area contributed by atoms with Gasteiger partial charge >= 0.3 is 6.03 Å². The number of hydrogen-bond acceptors (Lipinski definition) is 3. The number of aromatic nitrogens is 1. The van der Waals surface area contributed by atoms with Gasteiger partial charge in [-0.2, -0.15) is 0 Å². The fourth-order valence-electron chi connectivity index (χ4n) is 3.26. The van der Waals surface area contributed by atoms with Crippen LogP contribution in [0.2, 0.25) is 0 Å². The summed E-state index contributed by atoms with van der Waals surface area (Å²) in [4.78, 5) is 29.3. The van der Waals surface area contributed by atoms with Crippen molar-refractivity contribution in [3.05, 3.63) is 64.8 Å². The minimum atomic E-state index is -0.553. The Kier molecular flexibility index (Phi) is 4.85. The van der Waals surface area contributed by atoms with Crippen LogP contribution in [0.15, 0.2) is 59.2 Å². The SMILES string of the molecule is O=C1NC(Cc2c[nH]c3ccccc23)C(=O)N1CCOc1cccc(Br)c1. The molecule has 3 amide bonds. The fourth-order valence-corrected chi connectivity index (χ4v) is 3.64. The number of nitrogens with one attached hydrogen (secondary N) is 2. The molecule has 1 atom stereocenters. The van der Waals surface area contributed by atoms with E-state index in [0.29, 0.717) is 12.2 Å². The Morgan fingerprint density at radius 2 is 1.96 bits per heavy atom. The summed E-state index contributed by atoms with van der Waals surface area (Å²) in [5, 5.41) is 3.84. The van der Waals surface area contributed by atoms with E-state index in [4.69, 9.17) is 4.74 Å². The second-order valence-electron chi connectivity index (χ2n) is 6.36. The normalized spacial score (nSPS) is 16.8. The number of rotatable bonds is 6. The Balaban J connectivity index is 1.38. The van der Waals surface area contributed by atoms with Crippen LogP contribution < -0.4 is 10.1 Å². The molecule has 4 rings (SSSR count). The van der Waals surface area contributed by atoms with E-state index in [0.717, 1.165) is 20.9 Å².